The molecule has 1 aromatic rings. The maximum Gasteiger partial charge on any atom is 0.340 e. The van der Waals surface area contributed by atoms with Gasteiger partial charge < -0.3 is 9.64 Å². The van der Waals surface area contributed by atoms with Gasteiger partial charge in [-0.3, -0.25) is 4.79 Å². The molecule has 2 rings (SSSR count). The monoisotopic (exact) mass is 393 g/mol. The van der Waals surface area contributed by atoms with Crippen molar-refractivity contribution < 1.29 is 22.7 Å². The predicted octanol–water partition coefficient (Wildman–Crippen LogP) is 2.19. The topological polar surface area (TPSA) is 80.8 Å². The van der Waals surface area contributed by atoms with Crippen LogP contribution in [0.3, 0.4) is 0 Å². The first-order chi connectivity index (χ1) is 11.2. The summed E-state index contributed by atoms with van der Waals surface area (Å²) in [4.78, 5) is 25.7. The van der Waals surface area contributed by atoms with Crippen LogP contribution in [-0.2, 0) is 19.4 Å². The third kappa shape index (κ3) is 4.40. The average Bonchev–Trinajstić information content (AvgIpc) is 2.88. The summed E-state index contributed by atoms with van der Waals surface area (Å²) in [5.41, 5.74) is 0.0726. The smallest absolute Gasteiger partial charge is 0.340 e. The summed E-state index contributed by atoms with van der Waals surface area (Å²) in [6.45, 7) is 1.61. The van der Waals surface area contributed by atoms with Crippen molar-refractivity contribution in [1.29, 1.82) is 0 Å². The average molecular weight is 394 g/mol. The third-order valence-electron chi connectivity index (χ3n) is 3.81. The number of hydrogen-bond acceptors (Lipinski definition) is 5. The molecule has 0 aromatic heterocycles. The van der Waals surface area contributed by atoms with Crippen molar-refractivity contribution in [2.45, 2.75) is 19.4 Å². The van der Waals surface area contributed by atoms with Gasteiger partial charge in [0.1, 0.15) is 0 Å². The lowest BCUT2D eigenvalue weighted by atomic mass is 10.2. The molecule has 1 aromatic carbocycles. The zero-order valence-electron chi connectivity index (χ0n) is 13.0. The number of sulfone groups is 1. The number of amides is 1. The molecule has 1 atom stereocenters. The van der Waals surface area contributed by atoms with E-state index in [2.05, 4.69) is 0 Å². The molecule has 1 aliphatic rings. The highest BCUT2D eigenvalue weighted by Gasteiger charge is 2.34. The predicted molar refractivity (Wildman–Crippen MR) is 91.2 cm³/mol. The molecule has 6 nitrogen and oxygen atoms in total. The molecule has 1 fully saturated rings. The first-order valence-corrected chi connectivity index (χ1v) is 9.94. The molecular formula is C15H17Cl2NO5S. The molecule has 0 saturated carbocycles. The molecule has 0 radical (unpaired) electrons. The SMILES string of the molecule is CCN(C(=O)COC(=O)c1cccc(Cl)c1Cl)C1CCS(=O)(=O)C1. The van der Waals surface area contributed by atoms with Crippen molar-refractivity contribution in [1.82, 2.24) is 4.90 Å². The number of rotatable bonds is 5. The fourth-order valence-corrected chi connectivity index (χ4v) is 4.72. The van der Waals surface area contributed by atoms with Gasteiger partial charge in [0.2, 0.25) is 0 Å². The lowest BCUT2D eigenvalue weighted by molar-refractivity contribution is -0.136. The molecule has 1 saturated heterocycles. The van der Waals surface area contributed by atoms with Gasteiger partial charge in [0.05, 0.1) is 27.1 Å². The van der Waals surface area contributed by atoms with Crippen LogP contribution in [-0.4, -0.2) is 55.9 Å². The number of halogens is 2. The van der Waals surface area contributed by atoms with Crippen LogP contribution < -0.4 is 0 Å². The fraction of sp³-hybridized carbons (Fsp3) is 0.467. The van der Waals surface area contributed by atoms with Crippen LogP contribution >= 0.6 is 23.2 Å². The molecule has 1 amide bonds. The maximum atomic E-state index is 12.3. The second-order valence-corrected chi connectivity index (χ2v) is 8.43. The minimum atomic E-state index is -3.10. The Morgan fingerprint density at radius 1 is 1.33 bits per heavy atom. The second kappa shape index (κ2) is 7.72. The van der Waals surface area contributed by atoms with Crippen LogP contribution in [0, 0.1) is 0 Å². The summed E-state index contributed by atoms with van der Waals surface area (Å²) in [6, 6.07) is 4.16. The quantitative estimate of drug-likeness (QED) is 0.716. The number of esters is 1. The second-order valence-electron chi connectivity index (χ2n) is 5.41. The Hall–Kier alpha value is -1.31. The van der Waals surface area contributed by atoms with Gasteiger partial charge in [0.25, 0.3) is 5.91 Å². The van der Waals surface area contributed by atoms with E-state index >= 15 is 0 Å². The van der Waals surface area contributed by atoms with Crippen molar-refractivity contribution in [3.63, 3.8) is 0 Å². The number of carbonyl (C=O) groups excluding carboxylic acids is 2. The summed E-state index contributed by atoms with van der Waals surface area (Å²) in [5, 5.41) is 0.273. The van der Waals surface area contributed by atoms with Gasteiger partial charge in [-0.25, -0.2) is 13.2 Å². The number of carbonyl (C=O) groups is 2. The van der Waals surface area contributed by atoms with Gasteiger partial charge in [0, 0.05) is 12.6 Å². The lowest BCUT2D eigenvalue weighted by Crippen LogP contribution is -2.43. The number of hydrogen-bond donors (Lipinski definition) is 0. The Morgan fingerprint density at radius 2 is 2.04 bits per heavy atom. The van der Waals surface area contributed by atoms with E-state index in [0.29, 0.717) is 13.0 Å². The normalized spacial score (nSPS) is 19.0. The van der Waals surface area contributed by atoms with Crippen LogP contribution in [0.15, 0.2) is 18.2 Å². The molecule has 24 heavy (non-hydrogen) atoms. The van der Waals surface area contributed by atoms with E-state index in [1.165, 1.54) is 17.0 Å². The van der Waals surface area contributed by atoms with E-state index in [1.54, 1.807) is 13.0 Å². The van der Waals surface area contributed by atoms with E-state index in [-0.39, 0.29) is 33.2 Å². The highest BCUT2D eigenvalue weighted by molar-refractivity contribution is 7.91. The molecule has 0 aliphatic carbocycles. The Kier molecular flexibility index (Phi) is 6.11. The van der Waals surface area contributed by atoms with Crippen molar-refractivity contribution in [3.05, 3.63) is 33.8 Å². The van der Waals surface area contributed by atoms with Gasteiger partial charge in [-0.05, 0) is 25.5 Å². The van der Waals surface area contributed by atoms with Crippen LogP contribution in [0.4, 0.5) is 0 Å². The molecule has 0 N–H and O–H groups in total. The minimum absolute atomic E-state index is 0.0549. The summed E-state index contributed by atoms with van der Waals surface area (Å²) in [6.07, 6.45) is 0.399. The van der Waals surface area contributed by atoms with Crippen LogP contribution in [0.25, 0.3) is 0 Å². The van der Waals surface area contributed by atoms with E-state index in [1.807, 2.05) is 0 Å². The van der Waals surface area contributed by atoms with E-state index < -0.39 is 28.3 Å². The molecule has 1 heterocycles. The maximum absolute atomic E-state index is 12.3. The standard InChI is InChI=1S/C15H17Cl2NO5S/c1-2-18(10-6-7-24(21,22)9-10)13(19)8-23-15(20)11-4-3-5-12(16)14(11)17/h3-5,10H,2,6-9H2,1H3. The fourth-order valence-electron chi connectivity index (χ4n) is 2.61. The number of likely N-dealkylation sites (N-methyl/N-ethyl adjacent to an activating group) is 1. The molecule has 9 heteroatoms. The minimum Gasteiger partial charge on any atom is -0.452 e. The summed E-state index contributed by atoms with van der Waals surface area (Å²) < 4.78 is 28.1. The molecule has 1 unspecified atom stereocenters. The van der Waals surface area contributed by atoms with Crippen molar-refractivity contribution in [2.75, 3.05) is 24.7 Å². The summed E-state index contributed by atoms with van der Waals surface area (Å²) in [5.74, 6) is -1.18. The Bertz CT molecular complexity index is 750. The van der Waals surface area contributed by atoms with Crippen molar-refractivity contribution in [2.24, 2.45) is 0 Å². The molecule has 0 spiro atoms. The Morgan fingerprint density at radius 3 is 2.62 bits per heavy atom. The van der Waals surface area contributed by atoms with Crippen LogP contribution in [0.5, 0.6) is 0 Å². The molecular weight excluding hydrogens is 377 g/mol. The van der Waals surface area contributed by atoms with Gasteiger partial charge >= 0.3 is 5.97 Å². The highest BCUT2D eigenvalue weighted by Crippen LogP contribution is 2.26. The van der Waals surface area contributed by atoms with Gasteiger partial charge in [-0.2, -0.15) is 0 Å². The van der Waals surface area contributed by atoms with E-state index in [9.17, 15) is 18.0 Å². The van der Waals surface area contributed by atoms with Crippen LogP contribution in [0.2, 0.25) is 10.0 Å². The lowest BCUT2D eigenvalue weighted by Gasteiger charge is -2.26. The first-order valence-electron chi connectivity index (χ1n) is 7.36. The third-order valence-corrected chi connectivity index (χ3v) is 6.38. The molecule has 1 aliphatic heterocycles. The number of nitrogens with zero attached hydrogens (tertiary/aromatic N) is 1. The largest absolute Gasteiger partial charge is 0.452 e. The molecule has 0 bridgehead atoms. The van der Waals surface area contributed by atoms with Gasteiger partial charge in [-0.1, -0.05) is 29.3 Å². The van der Waals surface area contributed by atoms with Crippen molar-refractivity contribution in [3.8, 4) is 0 Å². The van der Waals surface area contributed by atoms with Crippen LogP contribution in [0.1, 0.15) is 23.7 Å². The highest BCUT2D eigenvalue weighted by atomic mass is 35.5. The molecule has 132 valence electrons. The zero-order valence-corrected chi connectivity index (χ0v) is 15.3. The summed E-state index contributed by atoms with van der Waals surface area (Å²) >= 11 is 11.8. The Balaban J connectivity index is 1.99. The first kappa shape index (κ1) is 19.0. The Labute approximate surface area is 150 Å². The van der Waals surface area contributed by atoms with E-state index in [0.717, 1.165) is 0 Å². The zero-order chi connectivity index (χ0) is 17.9. The van der Waals surface area contributed by atoms with Gasteiger partial charge in [-0.15, -0.1) is 0 Å². The summed E-state index contributed by atoms with van der Waals surface area (Å²) in [7, 11) is -3.10. The number of benzene rings is 1. The van der Waals surface area contributed by atoms with E-state index in [4.69, 9.17) is 27.9 Å². The van der Waals surface area contributed by atoms with Crippen molar-refractivity contribution >= 4 is 44.9 Å². The van der Waals surface area contributed by atoms with Gasteiger partial charge in [0.15, 0.2) is 16.4 Å². The number of ether oxygens (including phenoxy) is 1.